The molecule has 0 fully saturated rings. The SMILES string of the molecule is C=C(C)c1cccc(C(C)(C)NC(=O)Nc2ccc(OC3=C(/C=C/C(C)=NCC)CCC/C3=C\C=C(/C)N(CC)c3ccccc3C)cc2)c1. The molecule has 2 amide bonds. The van der Waals surface area contributed by atoms with Gasteiger partial charge in [-0.15, -0.1) is 0 Å². The molecule has 0 aliphatic heterocycles. The van der Waals surface area contributed by atoms with Crippen LogP contribution in [0.15, 0.2) is 131 Å². The Kier molecular flexibility index (Phi) is 13.2. The van der Waals surface area contributed by atoms with E-state index >= 15 is 0 Å². The summed E-state index contributed by atoms with van der Waals surface area (Å²) in [6.45, 7) is 22.2. The van der Waals surface area contributed by atoms with E-state index in [1.165, 1.54) is 16.9 Å². The zero-order valence-corrected chi connectivity index (χ0v) is 31.2. The van der Waals surface area contributed by atoms with Gasteiger partial charge in [0.1, 0.15) is 11.5 Å². The molecular weight excluding hydrogens is 617 g/mol. The number of aryl methyl sites for hydroxylation is 1. The molecule has 1 aliphatic carbocycles. The second kappa shape index (κ2) is 17.5. The Morgan fingerprint density at radius 3 is 2.42 bits per heavy atom. The summed E-state index contributed by atoms with van der Waals surface area (Å²) in [5.41, 5.74) is 10.1. The molecule has 262 valence electrons. The zero-order chi connectivity index (χ0) is 36.3. The largest absolute Gasteiger partial charge is 0.457 e. The molecule has 50 heavy (non-hydrogen) atoms. The van der Waals surface area contributed by atoms with Crippen molar-refractivity contribution in [3.8, 4) is 5.75 Å². The summed E-state index contributed by atoms with van der Waals surface area (Å²) in [6.07, 6.45) is 11.5. The van der Waals surface area contributed by atoms with E-state index in [1.54, 1.807) is 0 Å². The fourth-order valence-electron chi connectivity index (χ4n) is 6.08. The van der Waals surface area contributed by atoms with E-state index in [4.69, 9.17) is 4.74 Å². The van der Waals surface area contributed by atoms with Crippen LogP contribution in [0.4, 0.5) is 16.2 Å². The number of para-hydroxylation sites is 1. The number of hydrogen-bond acceptors (Lipinski definition) is 4. The Hall–Kier alpha value is -5.10. The van der Waals surface area contributed by atoms with Crippen molar-refractivity contribution in [3.63, 3.8) is 0 Å². The van der Waals surface area contributed by atoms with E-state index in [-0.39, 0.29) is 6.03 Å². The fraction of sp³-hybridized carbons (Fsp3) is 0.318. The lowest BCUT2D eigenvalue weighted by atomic mass is 9.92. The Morgan fingerprint density at radius 2 is 1.74 bits per heavy atom. The maximum Gasteiger partial charge on any atom is 0.319 e. The minimum atomic E-state index is -0.584. The van der Waals surface area contributed by atoms with E-state index < -0.39 is 5.54 Å². The molecule has 6 heteroatoms. The summed E-state index contributed by atoms with van der Waals surface area (Å²) in [7, 11) is 0. The van der Waals surface area contributed by atoms with Gasteiger partial charge in [0.25, 0.3) is 0 Å². The van der Waals surface area contributed by atoms with Crippen LogP contribution in [0.1, 0.15) is 84.4 Å². The van der Waals surface area contributed by atoms with Crippen LogP contribution in [0.5, 0.6) is 5.75 Å². The van der Waals surface area contributed by atoms with Crippen molar-refractivity contribution in [2.75, 3.05) is 23.3 Å². The number of carbonyl (C=O) groups is 1. The van der Waals surface area contributed by atoms with Crippen LogP contribution >= 0.6 is 0 Å². The number of aliphatic imine (C=N–C) groups is 1. The zero-order valence-electron chi connectivity index (χ0n) is 31.2. The van der Waals surface area contributed by atoms with Crippen molar-refractivity contribution in [3.05, 3.63) is 143 Å². The van der Waals surface area contributed by atoms with E-state index in [1.807, 2.05) is 77.1 Å². The molecule has 0 unspecified atom stereocenters. The normalized spacial score (nSPS) is 15.0. The standard InChI is InChI=1S/C44H54N4O2/c1-10-45-33(6)22-24-35-17-14-18-36(25-23-34(7)48(11-2)41-21-13-12-16-32(41)5)42(35)50-40-28-26-39(27-29-40)46-43(49)47-44(8,9)38-20-15-19-37(30-38)31(3)4/h12-13,15-16,19-30H,3,10-11,14,17-18H2,1-2,4-9H3,(H2,46,47,49)/b24-22+,34-23+,36-25+,45-33?. The van der Waals surface area contributed by atoms with Gasteiger partial charge in [-0.25, -0.2) is 4.79 Å². The third kappa shape index (κ3) is 10.2. The number of amides is 2. The van der Waals surface area contributed by atoms with Crippen molar-refractivity contribution in [1.82, 2.24) is 5.32 Å². The first-order valence-electron chi connectivity index (χ1n) is 17.7. The summed E-state index contributed by atoms with van der Waals surface area (Å²) in [4.78, 5) is 20.0. The lowest BCUT2D eigenvalue weighted by molar-refractivity contribution is 0.242. The van der Waals surface area contributed by atoms with E-state index in [0.717, 1.165) is 71.7 Å². The lowest BCUT2D eigenvalue weighted by Crippen LogP contribution is -2.43. The highest BCUT2D eigenvalue weighted by molar-refractivity contribution is 5.93. The van der Waals surface area contributed by atoms with Crippen LogP contribution < -0.4 is 20.3 Å². The molecule has 6 nitrogen and oxygen atoms in total. The number of nitrogens with zero attached hydrogens (tertiary/aromatic N) is 2. The summed E-state index contributed by atoms with van der Waals surface area (Å²) >= 11 is 0. The van der Waals surface area contributed by atoms with Crippen LogP contribution in [0, 0.1) is 6.92 Å². The molecule has 4 rings (SSSR count). The summed E-state index contributed by atoms with van der Waals surface area (Å²) < 4.78 is 6.67. The second-order valence-corrected chi connectivity index (χ2v) is 13.4. The molecule has 1 aliphatic rings. The Morgan fingerprint density at radius 1 is 1.00 bits per heavy atom. The van der Waals surface area contributed by atoms with Crippen LogP contribution in [-0.2, 0) is 5.54 Å². The van der Waals surface area contributed by atoms with Gasteiger partial charge in [-0.05, 0) is 151 Å². The number of benzene rings is 3. The van der Waals surface area contributed by atoms with Crippen molar-refractivity contribution in [2.45, 2.75) is 80.2 Å². The molecule has 3 aromatic rings. The predicted octanol–water partition coefficient (Wildman–Crippen LogP) is 11.3. The van der Waals surface area contributed by atoms with Crippen LogP contribution in [0.2, 0.25) is 0 Å². The van der Waals surface area contributed by atoms with E-state index in [0.29, 0.717) is 11.4 Å². The molecule has 0 bridgehead atoms. The maximum atomic E-state index is 13.1. The van der Waals surface area contributed by atoms with Gasteiger partial charge < -0.3 is 20.3 Å². The Balaban J connectivity index is 1.56. The maximum absolute atomic E-state index is 13.1. The average Bonchev–Trinajstić information content (AvgIpc) is 3.09. The van der Waals surface area contributed by atoms with E-state index in [9.17, 15) is 4.79 Å². The van der Waals surface area contributed by atoms with Gasteiger partial charge >= 0.3 is 6.03 Å². The minimum absolute atomic E-state index is 0.282. The molecule has 0 atom stereocenters. The molecule has 0 heterocycles. The summed E-state index contributed by atoms with van der Waals surface area (Å²) in [6, 6.07) is 23.9. The summed E-state index contributed by atoms with van der Waals surface area (Å²) in [5.74, 6) is 1.58. The van der Waals surface area contributed by atoms with Crippen molar-refractivity contribution >= 4 is 28.7 Å². The number of anilines is 2. The lowest BCUT2D eigenvalue weighted by Gasteiger charge is -2.27. The molecule has 2 N–H and O–H groups in total. The van der Waals surface area contributed by atoms with E-state index in [2.05, 4.69) is 103 Å². The topological polar surface area (TPSA) is 66.0 Å². The molecule has 0 spiro atoms. The van der Waals surface area contributed by atoms with Crippen LogP contribution in [0.25, 0.3) is 5.57 Å². The van der Waals surface area contributed by atoms with Crippen molar-refractivity contribution < 1.29 is 9.53 Å². The highest BCUT2D eigenvalue weighted by atomic mass is 16.5. The minimum Gasteiger partial charge on any atom is -0.457 e. The highest BCUT2D eigenvalue weighted by Gasteiger charge is 2.24. The van der Waals surface area contributed by atoms with Gasteiger partial charge in [-0.3, -0.25) is 4.99 Å². The number of urea groups is 1. The van der Waals surface area contributed by atoms with Gasteiger partial charge in [0.05, 0.1) is 5.54 Å². The number of hydrogen-bond donors (Lipinski definition) is 2. The molecule has 0 aromatic heterocycles. The monoisotopic (exact) mass is 670 g/mol. The second-order valence-electron chi connectivity index (χ2n) is 13.4. The number of nitrogens with one attached hydrogen (secondary N) is 2. The molecule has 0 saturated heterocycles. The first-order chi connectivity index (χ1) is 23.9. The molecule has 3 aromatic carbocycles. The van der Waals surface area contributed by atoms with Crippen LogP contribution in [-0.4, -0.2) is 24.8 Å². The molecule has 0 radical (unpaired) electrons. The third-order valence-corrected chi connectivity index (χ3v) is 8.92. The predicted molar refractivity (Wildman–Crippen MR) is 213 cm³/mol. The Labute approximate surface area is 300 Å². The van der Waals surface area contributed by atoms with Crippen LogP contribution in [0.3, 0.4) is 0 Å². The van der Waals surface area contributed by atoms with Gasteiger partial charge in [-0.1, -0.05) is 60.7 Å². The number of rotatable bonds is 13. The third-order valence-electron chi connectivity index (χ3n) is 8.92. The highest BCUT2D eigenvalue weighted by Crippen LogP contribution is 2.34. The average molecular weight is 671 g/mol. The first kappa shape index (κ1) is 37.7. The summed E-state index contributed by atoms with van der Waals surface area (Å²) in [5, 5.41) is 6.09. The van der Waals surface area contributed by atoms with Crippen molar-refractivity contribution in [2.24, 2.45) is 4.99 Å². The molecular formula is C44H54N4O2. The first-order valence-corrected chi connectivity index (χ1v) is 17.7. The number of allylic oxidation sites excluding steroid dienone is 8. The smallest absolute Gasteiger partial charge is 0.319 e. The quantitative estimate of drug-likeness (QED) is 0.178. The van der Waals surface area contributed by atoms with Gasteiger partial charge in [0.15, 0.2) is 0 Å². The van der Waals surface area contributed by atoms with Gasteiger partial charge in [0, 0.05) is 35.9 Å². The number of ether oxygens (including phenoxy) is 1. The molecule has 0 saturated carbocycles. The van der Waals surface area contributed by atoms with Gasteiger partial charge in [-0.2, -0.15) is 0 Å². The van der Waals surface area contributed by atoms with Crippen molar-refractivity contribution in [1.29, 1.82) is 0 Å². The number of carbonyl (C=O) groups excluding carboxylic acids is 1. The fourth-order valence-corrected chi connectivity index (χ4v) is 6.08. The van der Waals surface area contributed by atoms with Gasteiger partial charge in [0.2, 0.25) is 0 Å². The Bertz CT molecular complexity index is 1820.